The maximum Gasteiger partial charge on any atom is 0.303 e. The molecule has 0 saturated carbocycles. The molecule has 1 atom stereocenters. The number of aliphatic hydroxyl groups excluding tert-OH is 1. The molecule has 0 aliphatic carbocycles. The molecular formula is C24H21NO7. The molecule has 32 heavy (non-hydrogen) atoms. The van der Waals surface area contributed by atoms with Crippen molar-refractivity contribution in [2.24, 2.45) is 0 Å². The molecule has 0 bridgehead atoms. The standard InChI is InChI=1S/C24H21NO7/c26-17(10-8-15-5-2-1-3-6-15)21-22(16-9-11-18-19(13-16)32-14-31-18)25(24(30)23(21)29)12-4-7-20(27)28/h1-3,5-6,8-11,13,22,29H,4,7,12,14H2,(H,27,28)/b10-8+. The number of carboxylic acid groups (broad SMARTS) is 1. The first-order valence-corrected chi connectivity index (χ1v) is 10.1. The van der Waals surface area contributed by atoms with E-state index in [-0.39, 0.29) is 31.8 Å². The summed E-state index contributed by atoms with van der Waals surface area (Å²) in [5, 5.41) is 19.5. The summed E-state index contributed by atoms with van der Waals surface area (Å²) in [7, 11) is 0. The molecule has 2 N–H and O–H groups in total. The topological polar surface area (TPSA) is 113 Å². The Hall–Kier alpha value is -4.07. The van der Waals surface area contributed by atoms with Gasteiger partial charge in [-0.3, -0.25) is 14.4 Å². The Bertz CT molecular complexity index is 1120. The molecule has 0 aromatic heterocycles. The Balaban J connectivity index is 1.68. The molecule has 2 aromatic rings. The fourth-order valence-electron chi connectivity index (χ4n) is 3.79. The lowest BCUT2D eigenvalue weighted by molar-refractivity contribution is -0.138. The smallest absolute Gasteiger partial charge is 0.303 e. The van der Waals surface area contributed by atoms with E-state index in [2.05, 4.69) is 0 Å². The van der Waals surface area contributed by atoms with Crippen molar-refractivity contribution in [3.05, 3.63) is 77.1 Å². The third-order valence-electron chi connectivity index (χ3n) is 5.30. The van der Waals surface area contributed by atoms with E-state index in [1.165, 1.54) is 11.0 Å². The number of hydrogen-bond donors (Lipinski definition) is 2. The van der Waals surface area contributed by atoms with E-state index in [9.17, 15) is 19.5 Å². The lowest BCUT2D eigenvalue weighted by atomic mass is 9.95. The van der Waals surface area contributed by atoms with Crippen molar-refractivity contribution >= 4 is 23.7 Å². The Morgan fingerprint density at radius 3 is 2.59 bits per heavy atom. The second-order valence-electron chi connectivity index (χ2n) is 7.38. The fraction of sp³-hybridized carbons (Fsp3) is 0.208. The molecule has 0 radical (unpaired) electrons. The van der Waals surface area contributed by atoms with E-state index in [4.69, 9.17) is 14.6 Å². The van der Waals surface area contributed by atoms with Crippen molar-refractivity contribution in [3.63, 3.8) is 0 Å². The number of carbonyl (C=O) groups is 3. The number of rotatable bonds is 8. The van der Waals surface area contributed by atoms with Gasteiger partial charge >= 0.3 is 5.97 Å². The molecule has 0 fully saturated rings. The summed E-state index contributed by atoms with van der Waals surface area (Å²) in [5.74, 6) is -1.84. The average molecular weight is 435 g/mol. The van der Waals surface area contributed by atoms with Crippen molar-refractivity contribution < 1.29 is 34.1 Å². The molecule has 2 aliphatic rings. The quantitative estimate of drug-likeness (QED) is 0.612. The number of fused-ring (bicyclic) bond motifs is 1. The molecule has 1 unspecified atom stereocenters. The minimum absolute atomic E-state index is 0.0589. The SMILES string of the molecule is O=C(O)CCCN1C(=O)C(O)=C(C(=O)/C=C/c2ccccc2)C1c1ccc2c(c1)OCO2. The molecule has 1 amide bonds. The molecule has 2 heterocycles. The number of amides is 1. The van der Waals surface area contributed by atoms with Crippen LogP contribution < -0.4 is 9.47 Å². The predicted molar refractivity (Wildman–Crippen MR) is 114 cm³/mol. The zero-order valence-electron chi connectivity index (χ0n) is 17.1. The van der Waals surface area contributed by atoms with E-state index in [1.54, 1.807) is 24.3 Å². The highest BCUT2D eigenvalue weighted by Crippen LogP contribution is 2.42. The Morgan fingerprint density at radius 2 is 1.84 bits per heavy atom. The van der Waals surface area contributed by atoms with Crippen LogP contribution >= 0.6 is 0 Å². The van der Waals surface area contributed by atoms with Gasteiger partial charge < -0.3 is 24.6 Å². The number of carbonyl (C=O) groups excluding carboxylic acids is 2. The van der Waals surface area contributed by atoms with Crippen LogP contribution in [0.4, 0.5) is 0 Å². The minimum Gasteiger partial charge on any atom is -0.503 e. The molecule has 0 saturated heterocycles. The number of aliphatic carboxylic acids is 1. The Labute approximate surface area is 184 Å². The van der Waals surface area contributed by atoms with E-state index >= 15 is 0 Å². The maximum absolute atomic E-state index is 13.1. The van der Waals surface area contributed by atoms with Gasteiger partial charge in [-0.15, -0.1) is 0 Å². The largest absolute Gasteiger partial charge is 0.503 e. The van der Waals surface area contributed by atoms with Gasteiger partial charge in [0.2, 0.25) is 6.79 Å². The summed E-state index contributed by atoms with van der Waals surface area (Å²) in [5.41, 5.74) is 1.29. The minimum atomic E-state index is -0.990. The molecule has 164 valence electrons. The summed E-state index contributed by atoms with van der Waals surface area (Å²) in [6.07, 6.45) is 2.96. The second kappa shape index (κ2) is 8.97. The van der Waals surface area contributed by atoms with Gasteiger partial charge in [0.15, 0.2) is 23.0 Å². The lowest BCUT2D eigenvalue weighted by Crippen LogP contribution is -2.32. The van der Waals surface area contributed by atoms with E-state index in [0.29, 0.717) is 17.1 Å². The second-order valence-corrected chi connectivity index (χ2v) is 7.38. The number of ether oxygens (including phenoxy) is 2. The Kier molecular flexibility index (Phi) is 5.93. The normalized spacial score (nSPS) is 17.4. The highest BCUT2D eigenvalue weighted by atomic mass is 16.7. The van der Waals surface area contributed by atoms with Crippen LogP contribution in [0.3, 0.4) is 0 Å². The number of carboxylic acids is 1. The number of aliphatic hydroxyl groups is 1. The monoisotopic (exact) mass is 435 g/mol. The Morgan fingerprint density at radius 1 is 1.09 bits per heavy atom. The lowest BCUT2D eigenvalue weighted by Gasteiger charge is -2.26. The van der Waals surface area contributed by atoms with Gasteiger partial charge in [0, 0.05) is 13.0 Å². The van der Waals surface area contributed by atoms with E-state index in [0.717, 1.165) is 5.56 Å². The fourth-order valence-corrected chi connectivity index (χ4v) is 3.79. The summed E-state index contributed by atoms with van der Waals surface area (Å²) < 4.78 is 10.8. The van der Waals surface area contributed by atoms with Crippen LogP contribution in [0, 0.1) is 0 Å². The number of nitrogens with zero attached hydrogens (tertiary/aromatic N) is 1. The van der Waals surface area contributed by atoms with Crippen LogP contribution in [0.5, 0.6) is 11.5 Å². The number of hydrogen-bond acceptors (Lipinski definition) is 6. The highest BCUT2D eigenvalue weighted by molar-refractivity contribution is 6.14. The van der Waals surface area contributed by atoms with Gasteiger partial charge in [0.05, 0.1) is 11.6 Å². The first kappa shape index (κ1) is 21.2. The number of ketones is 1. The summed E-state index contributed by atoms with van der Waals surface area (Å²) in [6, 6.07) is 13.3. The van der Waals surface area contributed by atoms with Gasteiger partial charge in [0.25, 0.3) is 5.91 Å². The van der Waals surface area contributed by atoms with Crippen molar-refractivity contribution in [3.8, 4) is 11.5 Å². The number of allylic oxidation sites excluding steroid dienone is 1. The molecular weight excluding hydrogens is 414 g/mol. The first-order chi connectivity index (χ1) is 15.5. The zero-order valence-corrected chi connectivity index (χ0v) is 17.1. The van der Waals surface area contributed by atoms with Gasteiger partial charge in [0.1, 0.15) is 0 Å². The number of benzene rings is 2. The maximum atomic E-state index is 13.1. The summed E-state index contributed by atoms with van der Waals surface area (Å²) in [4.78, 5) is 38.2. The molecule has 4 rings (SSSR count). The van der Waals surface area contributed by atoms with Gasteiger partial charge in [-0.2, -0.15) is 0 Å². The van der Waals surface area contributed by atoms with Gasteiger partial charge in [-0.1, -0.05) is 42.5 Å². The third-order valence-corrected chi connectivity index (χ3v) is 5.30. The summed E-state index contributed by atoms with van der Waals surface area (Å²) >= 11 is 0. The first-order valence-electron chi connectivity index (χ1n) is 10.1. The molecule has 8 heteroatoms. The molecule has 2 aromatic carbocycles. The van der Waals surface area contributed by atoms with Crippen LogP contribution in [-0.2, 0) is 14.4 Å². The predicted octanol–water partition coefficient (Wildman–Crippen LogP) is 3.26. The molecule has 8 nitrogen and oxygen atoms in total. The van der Waals surface area contributed by atoms with Crippen LogP contribution in [-0.4, -0.2) is 46.1 Å². The van der Waals surface area contributed by atoms with E-state index in [1.807, 2.05) is 30.3 Å². The zero-order chi connectivity index (χ0) is 22.7. The summed E-state index contributed by atoms with van der Waals surface area (Å²) in [6.45, 7) is 0.130. The third kappa shape index (κ3) is 4.20. The van der Waals surface area contributed by atoms with Crippen LogP contribution in [0.25, 0.3) is 6.08 Å². The van der Waals surface area contributed by atoms with Gasteiger partial charge in [-0.25, -0.2) is 0 Å². The van der Waals surface area contributed by atoms with E-state index < -0.39 is 29.5 Å². The van der Waals surface area contributed by atoms with Crippen molar-refractivity contribution in [1.82, 2.24) is 4.90 Å². The van der Waals surface area contributed by atoms with Crippen molar-refractivity contribution in [2.75, 3.05) is 13.3 Å². The highest BCUT2D eigenvalue weighted by Gasteiger charge is 2.43. The van der Waals surface area contributed by atoms with Crippen molar-refractivity contribution in [1.29, 1.82) is 0 Å². The van der Waals surface area contributed by atoms with Crippen LogP contribution in [0.15, 0.2) is 65.9 Å². The van der Waals surface area contributed by atoms with Gasteiger partial charge in [-0.05, 0) is 35.8 Å². The average Bonchev–Trinajstić information content (AvgIpc) is 3.35. The van der Waals surface area contributed by atoms with Crippen molar-refractivity contribution in [2.45, 2.75) is 18.9 Å². The van der Waals surface area contributed by atoms with Crippen LogP contribution in [0.1, 0.15) is 30.0 Å². The van der Waals surface area contributed by atoms with Crippen LogP contribution in [0.2, 0.25) is 0 Å². The molecule has 2 aliphatic heterocycles. The molecule has 0 spiro atoms.